The van der Waals surface area contributed by atoms with Crippen LogP contribution in [0.4, 0.5) is 24.8 Å². The molecule has 0 aliphatic carbocycles. The lowest BCUT2D eigenvalue weighted by Gasteiger charge is -2.14. The van der Waals surface area contributed by atoms with Gasteiger partial charge in [0.2, 0.25) is 11.8 Å². The Morgan fingerprint density at radius 3 is 2.61 bits per heavy atom. The van der Waals surface area contributed by atoms with Gasteiger partial charge in [-0.1, -0.05) is 24.3 Å². The van der Waals surface area contributed by atoms with Gasteiger partial charge in [0.05, 0.1) is 16.6 Å². The van der Waals surface area contributed by atoms with Crippen LogP contribution in [0.25, 0.3) is 11.0 Å². The number of aromatic amines is 1. The third-order valence-electron chi connectivity index (χ3n) is 4.14. The van der Waals surface area contributed by atoms with Gasteiger partial charge in [0.1, 0.15) is 11.4 Å². The predicted octanol–water partition coefficient (Wildman–Crippen LogP) is 5.82. The number of anilines is 2. The molecule has 0 bridgehead atoms. The molecular weight excluding hydrogens is 369 g/mol. The lowest BCUT2D eigenvalue weighted by molar-refractivity contribution is -0.138. The normalized spacial score (nSPS) is 11.6. The number of hydrogen-bond acceptors (Lipinski definition) is 4. The van der Waals surface area contributed by atoms with E-state index in [0.717, 1.165) is 22.7 Å². The fourth-order valence-corrected chi connectivity index (χ4v) is 2.82. The van der Waals surface area contributed by atoms with Gasteiger partial charge in [-0.05, 0) is 42.8 Å². The Kier molecular flexibility index (Phi) is 4.38. The number of imidazole rings is 1. The van der Waals surface area contributed by atoms with E-state index in [1.54, 1.807) is 12.1 Å². The highest BCUT2D eigenvalue weighted by molar-refractivity contribution is 5.81. The van der Waals surface area contributed by atoms with Crippen molar-refractivity contribution in [3.63, 3.8) is 0 Å². The third-order valence-corrected chi connectivity index (χ3v) is 4.14. The molecule has 0 aliphatic heterocycles. The summed E-state index contributed by atoms with van der Waals surface area (Å²) < 4.78 is 45.2. The number of aryl methyl sites for hydroxylation is 1. The molecule has 0 saturated heterocycles. The molecule has 0 amide bonds. The Balaban J connectivity index is 1.67. The van der Waals surface area contributed by atoms with Crippen molar-refractivity contribution in [2.75, 3.05) is 5.32 Å². The highest BCUT2D eigenvalue weighted by Gasteiger charge is 2.34. The summed E-state index contributed by atoms with van der Waals surface area (Å²) in [6.45, 7) is 1.94. The average Bonchev–Trinajstić information content (AvgIpc) is 3.07. The molecule has 0 radical (unpaired) electrons. The van der Waals surface area contributed by atoms with E-state index in [2.05, 4.69) is 20.3 Å². The van der Waals surface area contributed by atoms with Gasteiger partial charge in [0, 0.05) is 6.20 Å². The molecule has 4 rings (SSSR count). The molecule has 2 aromatic carbocycles. The zero-order chi connectivity index (χ0) is 19.7. The largest absolute Gasteiger partial charge is 0.436 e. The molecule has 8 heteroatoms. The third kappa shape index (κ3) is 3.48. The van der Waals surface area contributed by atoms with Crippen LogP contribution in [0.1, 0.15) is 11.1 Å². The number of aromatic nitrogens is 3. The number of hydrogen-bond donors (Lipinski definition) is 2. The van der Waals surface area contributed by atoms with Crippen molar-refractivity contribution in [1.29, 1.82) is 0 Å². The minimum atomic E-state index is -4.53. The molecule has 2 N–H and O–H groups in total. The number of para-hydroxylation sites is 2. The summed E-state index contributed by atoms with van der Waals surface area (Å²) in [5.74, 6) is 0.125. The molecule has 4 aromatic rings. The lowest BCUT2D eigenvalue weighted by atomic mass is 10.2. The van der Waals surface area contributed by atoms with Gasteiger partial charge in [-0.3, -0.25) is 0 Å². The van der Waals surface area contributed by atoms with Crippen molar-refractivity contribution in [1.82, 2.24) is 15.0 Å². The summed E-state index contributed by atoms with van der Waals surface area (Å²) in [6.07, 6.45) is -3.09. The summed E-state index contributed by atoms with van der Waals surface area (Å²) in [6, 6.07) is 14.1. The van der Waals surface area contributed by atoms with E-state index in [1.807, 2.05) is 25.1 Å². The maximum atomic E-state index is 13.2. The number of nitrogens with zero attached hydrogens (tertiary/aromatic N) is 2. The Bertz CT molecular complexity index is 1140. The molecule has 2 heterocycles. The highest BCUT2D eigenvalue weighted by atomic mass is 19.4. The highest BCUT2D eigenvalue weighted by Crippen LogP contribution is 2.39. The average molecular weight is 384 g/mol. The Labute approximate surface area is 158 Å². The number of fused-ring (bicyclic) bond motifs is 1. The Morgan fingerprint density at radius 1 is 1.00 bits per heavy atom. The van der Waals surface area contributed by atoms with Crippen molar-refractivity contribution in [2.45, 2.75) is 13.1 Å². The number of rotatable bonds is 4. The fraction of sp³-hybridized carbons (Fsp3) is 0.100. The molecule has 0 saturated carbocycles. The zero-order valence-electron chi connectivity index (χ0n) is 14.7. The van der Waals surface area contributed by atoms with Crippen molar-refractivity contribution in [3.8, 4) is 11.6 Å². The molecule has 0 fully saturated rings. The molecule has 5 nitrogen and oxygen atoms in total. The van der Waals surface area contributed by atoms with Crippen molar-refractivity contribution in [3.05, 3.63) is 71.9 Å². The van der Waals surface area contributed by atoms with E-state index in [0.29, 0.717) is 11.6 Å². The lowest BCUT2D eigenvalue weighted by Crippen LogP contribution is -2.07. The maximum absolute atomic E-state index is 13.2. The number of nitrogens with one attached hydrogen (secondary N) is 2. The van der Waals surface area contributed by atoms with E-state index in [9.17, 15) is 13.2 Å². The Hall–Kier alpha value is -3.55. The van der Waals surface area contributed by atoms with Crippen LogP contribution in [0, 0.1) is 6.92 Å². The first-order valence-corrected chi connectivity index (χ1v) is 8.43. The molecule has 0 atom stereocenters. The molecule has 2 aromatic heterocycles. The number of benzene rings is 2. The topological polar surface area (TPSA) is 62.8 Å². The zero-order valence-corrected chi connectivity index (χ0v) is 14.7. The summed E-state index contributed by atoms with van der Waals surface area (Å²) in [5.41, 5.74) is 2.17. The smallest absolute Gasteiger partial charge is 0.419 e. The van der Waals surface area contributed by atoms with Crippen LogP contribution in [-0.4, -0.2) is 15.0 Å². The van der Waals surface area contributed by atoms with Crippen molar-refractivity contribution < 1.29 is 17.9 Å². The maximum Gasteiger partial charge on any atom is 0.419 e. The van der Waals surface area contributed by atoms with E-state index in [-0.39, 0.29) is 11.6 Å². The van der Waals surface area contributed by atoms with Crippen LogP contribution in [0.3, 0.4) is 0 Å². The number of halogens is 3. The molecule has 142 valence electrons. The second-order valence-electron chi connectivity index (χ2n) is 6.13. The number of pyridine rings is 1. The molecule has 28 heavy (non-hydrogen) atoms. The van der Waals surface area contributed by atoms with Gasteiger partial charge in [-0.2, -0.15) is 13.2 Å². The van der Waals surface area contributed by atoms with Crippen LogP contribution in [0.15, 0.2) is 60.8 Å². The molecule has 0 spiro atoms. The fourth-order valence-electron chi connectivity index (χ4n) is 2.82. The van der Waals surface area contributed by atoms with Crippen molar-refractivity contribution in [2.24, 2.45) is 0 Å². The van der Waals surface area contributed by atoms with Crippen LogP contribution in [-0.2, 0) is 6.18 Å². The minimum Gasteiger partial charge on any atom is -0.436 e. The summed E-state index contributed by atoms with van der Waals surface area (Å²) >= 11 is 0. The second-order valence-corrected chi connectivity index (χ2v) is 6.13. The monoisotopic (exact) mass is 384 g/mol. The van der Waals surface area contributed by atoms with Gasteiger partial charge in [-0.25, -0.2) is 9.97 Å². The first kappa shape index (κ1) is 17.8. The van der Waals surface area contributed by atoms with E-state index in [1.165, 1.54) is 24.4 Å². The minimum absolute atomic E-state index is 0.0105. The predicted molar refractivity (Wildman–Crippen MR) is 99.9 cm³/mol. The number of ether oxygens (including phenoxy) is 1. The van der Waals surface area contributed by atoms with Gasteiger partial charge in [0.15, 0.2) is 0 Å². The number of alkyl halides is 3. The Morgan fingerprint density at radius 2 is 1.82 bits per heavy atom. The SMILES string of the molecule is Cc1cccc2[nH]c(Nc3cccnc3Oc3ccccc3C(F)(F)F)nc12. The molecular formula is C20H15F3N4O. The summed E-state index contributed by atoms with van der Waals surface area (Å²) in [7, 11) is 0. The van der Waals surface area contributed by atoms with Crippen LogP contribution in [0.2, 0.25) is 0 Å². The van der Waals surface area contributed by atoms with Gasteiger partial charge >= 0.3 is 6.18 Å². The second kappa shape index (κ2) is 6.88. The van der Waals surface area contributed by atoms with E-state index in [4.69, 9.17) is 4.74 Å². The van der Waals surface area contributed by atoms with E-state index < -0.39 is 11.7 Å². The van der Waals surface area contributed by atoms with Gasteiger partial charge < -0.3 is 15.0 Å². The van der Waals surface area contributed by atoms with Gasteiger partial charge in [-0.15, -0.1) is 0 Å². The van der Waals surface area contributed by atoms with Crippen molar-refractivity contribution >= 4 is 22.7 Å². The molecule has 0 aliphatic rings. The first-order chi connectivity index (χ1) is 13.4. The van der Waals surface area contributed by atoms with E-state index >= 15 is 0 Å². The molecule has 0 unspecified atom stereocenters. The summed E-state index contributed by atoms with van der Waals surface area (Å²) in [5, 5.41) is 3.03. The van der Waals surface area contributed by atoms with Crippen LogP contribution >= 0.6 is 0 Å². The van der Waals surface area contributed by atoms with Gasteiger partial charge in [0.25, 0.3) is 0 Å². The standard InChI is InChI=1S/C20H15F3N4O/c1-12-6-4-8-14-17(12)27-19(25-14)26-15-9-5-11-24-18(15)28-16-10-3-2-7-13(16)20(21,22)23/h2-11H,1H3,(H2,25,26,27). The summed E-state index contributed by atoms with van der Waals surface area (Å²) in [4.78, 5) is 11.7. The van der Waals surface area contributed by atoms with Crippen LogP contribution in [0.5, 0.6) is 11.6 Å². The number of H-pyrrole nitrogens is 1. The first-order valence-electron chi connectivity index (χ1n) is 8.43. The van der Waals surface area contributed by atoms with Crippen LogP contribution < -0.4 is 10.1 Å². The quantitative estimate of drug-likeness (QED) is 0.465.